The fourth-order valence-electron chi connectivity index (χ4n) is 4.13. The summed E-state index contributed by atoms with van der Waals surface area (Å²) < 4.78 is 0. The van der Waals surface area contributed by atoms with Crippen molar-refractivity contribution in [1.29, 1.82) is 0 Å². The van der Waals surface area contributed by atoms with Gasteiger partial charge in [-0.1, -0.05) is 6.92 Å². The van der Waals surface area contributed by atoms with Crippen LogP contribution in [0, 0.1) is 0 Å². The predicted octanol–water partition coefficient (Wildman–Crippen LogP) is 0.756. The molecule has 0 spiro atoms. The predicted molar refractivity (Wildman–Crippen MR) is 102 cm³/mol. The van der Waals surface area contributed by atoms with E-state index < -0.39 is 0 Å². The number of likely N-dealkylation sites (N-methyl/N-ethyl adjacent to an activating group) is 1. The normalized spacial score (nSPS) is 26.2. The van der Waals surface area contributed by atoms with Crippen molar-refractivity contribution in [3.63, 3.8) is 0 Å². The molecule has 0 aromatic heterocycles. The van der Waals surface area contributed by atoms with Crippen LogP contribution in [0.3, 0.4) is 0 Å². The second-order valence-electron chi connectivity index (χ2n) is 7.60. The molecule has 2 aliphatic heterocycles. The smallest absolute Gasteiger partial charge is 0.220 e. The van der Waals surface area contributed by atoms with Crippen LogP contribution in [0.25, 0.3) is 0 Å². The van der Waals surface area contributed by atoms with Crippen LogP contribution in [0.1, 0.15) is 46.0 Å². The van der Waals surface area contributed by atoms with Crippen LogP contribution in [0.15, 0.2) is 0 Å². The Morgan fingerprint density at radius 3 is 2.68 bits per heavy atom. The first kappa shape index (κ1) is 20.6. The van der Waals surface area contributed by atoms with Crippen molar-refractivity contribution < 1.29 is 9.90 Å². The Balaban J connectivity index is 1.49. The van der Waals surface area contributed by atoms with Crippen molar-refractivity contribution in [2.75, 3.05) is 59.0 Å². The van der Waals surface area contributed by atoms with Gasteiger partial charge in [0.25, 0.3) is 0 Å². The van der Waals surface area contributed by atoms with Gasteiger partial charge < -0.3 is 15.3 Å². The van der Waals surface area contributed by atoms with Gasteiger partial charge in [0.1, 0.15) is 0 Å². The summed E-state index contributed by atoms with van der Waals surface area (Å²) in [6.07, 6.45) is 4.77. The van der Waals surface area contributed by atoms with Crippen molar-refractivity contribution in [2.45, 2.75) is 58.0 Å². The maximum absolute atomic E-state index is 12.0. The zero-order valence-corrected chi connectivity index (χ0v) is 16.3. The summed E-state index contributed by atoms with van der Waals surface area (Å²) in [5.41, 5.74) is 0. The van der Waals surface area contributed by atoms with Gasteiger partial charge in [-0.2, -0.15) is 0 Å². The van der Waals surface area contributed by atoms with Crippen molar-refractivity contribution in [2.24, 2.45) is 0 Å². The van der Waals surface area contributed by atoms with E-state index in [4.69, 9.17) is 0 Å². The van der Waals surface area contributed by atoms with Gasteiger partial charge in [-0.05, 0) is 52.2 Å². The molecule has 2 aliphatic rings. The van der Waals surface area contributed by atoms with E-state index in [0.29, 0.717) is 18.5 Å². The fraction of sp³-hybridized carbons (Fsp3) is 0.947. The highest BCUT2D eigenvalue weighted by molar-refractivity contribution is 5.75. The monoisotopic (exact) mass is 354 g/mol. The number of amides is 1. The summed E-state index contributed by atoms with van der Waals surface area (Å²) in [5.74, 6) is 0.170. The van der Waals surface area contributed by atoms with E-state index in [-0.39, 0.29) is 12.5 Å². The highest BCUT2D eigenvalue weighted by Gasteiger charge is 2.23. The van der Waals surface area contributed by atoms with Crippen LogP contribution in [-0.4, -0.2) is 96.8 Å². The van der Waals surface area contributed by atoms with Gasteiger partial charge >= 0.3 is 0 Å². The lowest BCUT2D eigenvalue weighted by atomic mass is 10.2. The second-order valence-corrected chi connectivity index (χ2v) is 7.60. The standard InChI is InChI=1S/C19H38N4O2/c1-3-21-13-14-22(17(2)15-21)12-6-9-20-19(25)8-5-11-23-10-4-7-18(23)16-24/h17-18,24H,3-16H2,1-2H3,(H,20,25)/t17-,18+/m0/s1. The molecule has 1 amide bonds. The largest absolute Gasteiger partial charge is 0.395 e. The first-order valence-electron chi connectivity index (χ1n) is 10.2. The minimum absolute atomic E-state index is 0.170. The topological polar surface area (TPSA) is 59.0 Å². The van der Waals surface area contributed by atoms with Crippen LogP contribution in [0.5, 0.6) is 0 Å². The number of carbonyl (C=O) groups excluding carboxylic acids is 1. The number of likely N-dealkylation sites (tertiary alicyclic amines) is 1. The lowest BCUT2D eigenvalue weighted by Crippen LogP contribution is -2.52. The van der Waals surface area contributed by atoms with Gasteiger partial charge in [0.05, 0.1) is 6.61 Å². The number of aliphatic hydroxyl groups excluding tert-OH is 1. The molecule has 0 bridgehead atoms. The molecule has 2 atom stereocenters. The van der Waals surface area contributed by atoms with Crippen LogP contribution >= 0.6 is 0 Å². The Bertz CT molecular complexity index is 394. The molecule has 0 saturated carbocycles. The molecule has 2 heterocycles. The van der Waals surface area contributed by atoms with E-state index >= 15 is 0 Å². The van der Waals surface area contributed by atoms with Crippen LogP contribution in [-0.2, 0) is 4.79 Å². The van der Waals surface area contributed by atoms with E-state index in [2.05, 4.69) is 33.9 Å². The Morgan fingerprint density at radius 2 is 1.96 bits per heavy atom. The summed E-state index contributed by atoms with van der Waals surface area (Å²) in [6, 6.07) is 0.933. The first-order chi connectivity index (χ1) is 12.1. The Hall–Kier alpha value is -0.690. The van der Waals surface area contributed by atoms with E-state index in [1.807, 2.05) is 0 Å². The van der Waals surface area contributed by atoms with Crippen LogP contribution in [0.2, 0.25) is 0 Å². The van der Waals surface area contributed by atoms with Crippen molar-refractivity contribution in [3.05, 3.63) is 0 Å². The molecule has 0 aromatic rings. The van der Waals surface area contributed by atoms with E-state index in [1.165, 1.54) is 13.0 Å². The number of nitrogens with one attached hydrogen (secondary N) is 1. The number of carbonyl (C=O) groups is 1. The molecule has 146 valence electrons. The number of hydrogen-bond donors (Lipinski definition) is 2. The molecule has 2 rings (SSSR count). The molecule has 0 radical (unpaired) electrons. The molecule has 6 nitrogen and oxygen atoms in total. The number of nitrogens with zero attached hydrogens (tertiary/aromatic N) is 3. The van der Waals surface area contributed by atoms with E-state index in [0.717, 1.165) is 65.1 Å². The molecule has 0 aromatic carbocycles. The molecule has 2 fully saturated rings. The molecule has 2 N–H and O–H groups in total. The first-order valence-corrected chi connectivity index (χ1v) is 10.2. The zero-order valence-electron chi connectivity index (χ0n) is 16.3. The molecule has 25 heavy (non-hydrogen) atoms. The van der Waals surface area contributed by atoms with E-state index in [1.54, 1.807) is 0 Å². The molecule has 6 heteroatoms. The minimum atomic E-state index is 0.170. The zero-order chi connectivity index (χ0) is 18.1. The highest BCUT2D eigenvalue weighted by Crippen LogP contribution is 2.16. The fourth-order valence-corrected chi connectivity index (χ4v) is 4.13. The van der Waals surface area contributed by atoms with Crippen molar-refractivity contribution in [3.8, 4) is 0 Å². The summed E-state index contributed by atoms with van der Waals surface area (Å²) in [6.45, 7) is 13.2. The van der Waals surface area contributed by atoms with Crippen molar-refractivity contribution in [1.82, 2.24) is 20.0 Å². The van der Waals surface area contributed by atoms with Crippen LogP contribution in [0.4, 0.5) is 0 Å². The maximum Gasteiger partial charge on any atom is 0.220 e. The molecular formula is C19H38N4O2. The second kappa shape index (κ2) is 11.1. The van der Waals surface area contributed by atoms with Crippen molar-refractivity contribution >= 4 is 5.91 Å². The summed E-state index contributed by atoms with van der Waals surface area (Å²) >= 11 is 0. The molecule has 0 unspecified atom stereocenters. The average Bonchev–Trinajstić information content (AvgIpc) is 3.07. The lowest BCUT2D eigenvalue weighted by Gasteiger charge is -2.39. The highest BCUT2D eigenvalue weighted by atomic mass is 16.3. The van der Waals surface area contributed by atoms with Gasteiger partial charge in [0.15, 0.2) is 0 Å². The Morgan fingerprint density at radius 1 is 1.16 bits per heavy atom. The minimum Gasteiger partial charge on any atom is -0.395 e. The van der Waals surface area contributed by atoms with Gasteiger partial charge in [0, 0.05) is 51.2 Å². The average molecular weight is 355 g/mol. The lowest BCUT2D eigenvalue weighted by molar-refractivity contribution is -0.121. The summed E-state index contributed by atoms with van der Waals surface area (Å²) in [7, 11) is 0. The summed E-state index contributed by atoms with van der Waals surface area (Å²) in [4.78, 5) is 19.3. The molecule has 0 aliphatic carbocycles. The Kier molecular flexibility index (Phi) is 9.17. The maximum atomic E-state index is 12.0. The number of hydrogen-bond acceptors (Lipinski definition) is 5. The third-order valence-corrected chi connectivity index (χ3v) is 5.80. The Labute approximate surface area is 153 Å². The van der Waals surface area contributed by atoms with Gasteiger partial charge in [0.2, 0.25) is 5.91 Å². The molecular weight excluding hydrogens is 316 g/mol. The molecule has 2 saturated heterocycles. The third kappa shape index (κ3) is 6.85. The number of piperazine rings is 1. The van der Waals surface area contributed by atoms with Gasteiger partial charge in [-0.15, -0.1) is 0 Å². The third-order valence-electron chi connectivity index (χ3n) is 5.80. The number of aliphatic hydroxyl groups is 1. The van der Waals surface area contributed by atoms with Gasteiger partial charge in [-0.3, -0.25) is 14.6 Å². The number of rotatable bonds is 10. The SMILES string of the molecule is CCN1CCN(CCCNC(=O)CCCN2CCC[C@@H]2CO)[C@@H](C)C1. The quantitative estimate of drug-likeness (QED) is 0.567. The summed E-state index contributed by atoms with van der Waals surface area (Å²) in [5, 5.41) is 12.4. The van der Waals surface area contributed by atoms with Gasteiger partial charge in [-0.25, -0.2) is 0 Å². The van der Waals surface area contributed by atoms with E-state index in [9.17, 15) is 9.90 Å². The van der Waals surface area contributed by atoms with Crippen LogP contribution < -0.4 is 5.32 Å².